The first-order valence-corrected chi connectivity index (χ1v) is 14.7. The molecule has 42 heavy (non-hydrogen) atoms. The molecule has 0 aliphatic heterocycles. The Balaban J connectivity index is 1.39. The normalized spacial score (nSPS) is 11.8. The maximum absolute atomic E-state index is 12.3. The van der Waals surface area contributed by atoms with Crippen molar-refractivity contribution in [1.82, 2.24) is 19.4 Å². The third kappa shape index (κ3) is 6.74. The van der Waals surface area contributed by atoms with Crippen molar-refractivity contribution >= 4 is 32.9 Å². The molecule has 0 fully saturated rings. The molecule has 0 spiro atoms. The summed E-state index contributed by atoms with van der Waals surface area (Å²) >= 11 is 3.54. The number of imidazole rings is 1. The van der Waals surface area contributed by atoms with Crippen molar-refractivity contribution in [2.24, 2.45) is 7.05 Å². The van der Waals surface area contributed by atoms with Crippen molar-refractivity contribution < 1.29 is 18.7 Å². The number of esters is 1. The fraction of sp³-hybridized carbons (Fsp3) is 0.303. The van der Waals surface area contributed by atoms with E-state index in [-0.39, 0.29) is 0 Å². The first-order chi connectivity index (χ1) is 20.1. The summed E-state index contributed by atoms with van der Waals surface area (Å²) in [4.78, 5) is 24.4. The highest BCUT2D eigenvalue weighted by molar-refractivity contribution is 9.10. The second kappa shape index (κ2) is 12.5. The Hall–Kier alpha value is -3.95. The third-order valence-corrected chi connectivity index (χ3v) is 7.55. The Kier molecular flexibility index (Phi) is 8.80. The molecule has 0 atom stereocenters. The van der Waals surface area contributed by atoms with Gasteiger partial charge in [0.05, 0.1) is 29.9 Å². The number of carbonyl (C=O) groups is 1. The van der Waals surface area contributed by atoms with Crippen LogP contribution in [-0.2, 0) is 36.2 Å². The predicted octanol–water partition coefficient (Wildman–Crippen LogP) is 7.22. The number of para-hydroxylation sites is 2. The molecule has 0 N–H and O–H groups in total. The van der Waals surface area contributed by atoms with Crippen molar-refractivity contribution in [2.75, 3.05) is 6.61 Å². The van der Waals surface area contributed by atoms with E-state index in [4.69, 9.17) is 23.9 Å². The number of ether oxygens (including phenoxy) is 2. The Morgan fingerprint density at radius 3 is 2.48 bits per heavy atom. The molecule has 0 amide bonds. The molecule has 0 saturated heterocycles. The summed E-state index contributed by atoms with van der Waals surface area (Å²) in [6.45, 7) is 9.28. The van der Waals surface area contributed by atoms with E-state index in [2.05, 4.69) is 31.5 Å². The number of fused-ring (bicyclic) bond motifs is 1. The van der Waals surface area contributed by atoms with E-state index >= 15 is 0 Å². The van der Waals surface area contributed by atoms with Gasteiger partial charge in [-0.05, 0) is 75.7 Å². The van der Waals surface area contributed by atoms with Crippen molar-refractivity contribution in [2.45, 2.75) is 52.9 Å². The minimum Gasteiger partial charge on any atom is -0.476 e. The van der Waals surface area contributed by atoms with Gasteiger partial charge in [-0.15, -0.1) is 0 Å². The second-order valence-electron chi connectivity index (χ2n) is 10.7. The molecule has 218 valence electrons. The van der Waals surface area contributed by atoms with Crippen LogP contribution in [0.15, 0.2) is 81.7 Å². The Morgan fingerprint density at radius 1 is 1.00 bits per heavy atom. The summed E-state index contributed by atoms with van der Waals surface area (Å²) in [5, 5.41) is 0. The van der Waals surface area contributed by atoms with E-state index in [0.29, 0.717) is 37.9 Å². The lowest BCUT2D eigenvalue weighted by atomic mass is 10.1. The number of carbonyl (C=O) groups excluding carboxylic acids is 1. The molecule has 3 aromatic carbocycles. The second-order valence-corrected chi connectivity index (χ2v) is 11.6. The summed E-state index contributed by atoms with van der Waals surface area (Å²) in [6.07, 6.45) is 0. The van der Waals surface area contributed by atoms with Crippen molar-refractivity contribution in [3.8, 4) is 17.2 Å². The highest BCUT2D eigenvalue weighted by Gasteiger charge is 2.31. The van der Waals surface area contributed by atoms with E-state index < -0.39 is 11.6 Å². The SMILES string of the molecule is CCOC(=O)C(C)(C)Oc1ccc(CN(Cc2nc(-c3cccc(Br)c3)oc2C)Cc2nc3ccccc3n2C)cc1. The van der Waals surface area contributed by atoms with Crippen LogP contribution in [0.3, 0.4) is 0 Å². The van der Waals surface area contributed by atoms with Gasteiger partial charge in [0.2, 0.25) is 5.89 Å². The highest BCUT2D eigenvalue weighted by Crippen LogP contribution is 2.27. The topological polar surface area (TPSA) is 82.6 Å². The van der Waals surface area contributed by atoms with Crippen LogP contribution in [0.25, 0.3) is 22.5 Å². The summed E-state index contributed by atoms with van der Waals surface area (Å²) in [7, 11) is 2.05. The zero-order valence-electron chi connectivity index (χ0n) is 24.6. The monoisotopic (exact) mass is 630 g/mol. The van der Waals surface area contributed by atoms with Crippen LogP contribution in [0.4, 0.5) is 0 Å². The van der Waals surface area contributed by atoms with Crippen LogP contribution in [0, 0.1) is 6.92 Å². The van der Waals surface area contributed by atoms with Crippen LogP contribution in [-0.4, -0.2) is 37.6 Å². The molecule has 0 aliphatic rings. The summed E-state index contributed by atoms with van der Waals surface area (Å²) < 4.78 is 20.3. The van der Waals surface area contributed by atoms with E-state index in [1.807, 2.05) is 80.7 Å². The number of benzene rings is 3. The smallest absolute Gasteiger partial charge is 0.349 e. The number of nitrogens with zero attached hydrogens (tertiary/aromatic N) is 4. The summed E-state index contributed by atoms with van der Waals surface area (Å²) in [5.74, 6) is 2.54. The van der Waals surface area contributed by atoms with Crippen molar-refractivity contribution in [3.63, 3.8) is 0 Å². The maximum atomic E-state index is 12.3. The summed E-state index contributed by atoms with van der Waals surface area (Å²) in [6, 6.07) is 23.9. The molecule has 5 aromatic rings. The molecular formula is C33H35BrN4O4. The van der Waals surface area contributed by atoms with Gasteiger partial charge in [0.1, 0.15) is 17.3 Å². The largest absolute Gasteiger partial charge is 0.476 e. The fourth-order valence-corrected chi connectivity index (χ4v) is 5.20. The molecule has 8 nitrogen and oxygen atoms in total. The quantitative estimate of drug-likeness (QED) is 0.142. The van der Waals surface area contributed by atoms with Crippen molar-refractivity contribution in [1.29, 1.82) is 0 Å². The van der Waals surface area contributed by atoms with Crippen LogP contribution in [0.5, 0.6) is 5.75 Å². The predicted molar refractivity (Wildman–Crippen MR) is 166 cm³/mol. The number of aromatic nitrogens is 3. The minimum atomic E-state index is -1.08. The Morgan fingerprint density at radius 2 is 1.76 bits per heavy atom. The van der Waals surface area contributed by atoms with E-state index in [0.717, 1.165) is 43.9 Å². The Labute approximate surface area is 254 Å². The zero-order valence-corrected chi connectivity index (χ0v) is 26.1. The molecule has 0 unspecified atom stereocenters. The van der Waals surface area contributed by atoms with E-state index in [1.165, 1.54) is 0 Å². The standard InChI is InChI=1S/C33H35BrN4O4/c1-6-40-32(39)33(3,4)42-26-16-14-23(15-17-26)19-38(21-30-35-27-12-7-8-13-29(27)37(30)5)20-28-22(2)41-31(36-28)24-10-9-11-25(34)18-24/h7-18H,6,19-21H2,1-5H3. The fourth-order valence-electron chi connectivity index (χ4n) is 4.80. The molecule has 2 aromatic heterocycles. The van der Waals surface area contributed by atoms with Gasteiger partial charge in [0.25, 0.3) is 0 Å². The lowest BCUT2D eigenvalue weighted by Crippen LogP contribution is -2.39. The van der Waals surface area contributed by atoms with Crippen LogP contribution >= 0.6 is 15.9 Å². The average molecular weight is 632 g/mol. The first-order valence-electron chi connectivity index (χ1n) is 13.9. The van der Waals surface area contributed by atoms with Crippen LogP contribution in [0.1, 0.15) is 43.6 Å². The number of hydrogen-bond acceptors (Lipinski definition) is 7. The average Bonchev–Trinajstić information content (AvgIpc) is 3.48. The zero-order chi connectivity index (χ0) is 29.9. The molecule has 5 rings (SSSR count). The lowest BCUT2D eigenvalue weighted by molar-refractivity contribution is -0.158. The molecule has 2 heterocycles. The van der Waals surface area contributed by atoms with Gasteiger partial charge in [-0.25, -0.2) is 14.8 Å². The number of oxazole rings is 1. The van der Waals surface area contributed by atoms with Gasteiger partial charge >= 0.3 is 5.97 Å². The number of aryl methyl sites for hydroxylation is 2. The third-order valence-electron chi connectivity index (χ3n) is 7.05. The van der Waals surface area contributed by atoms with Crippen LogP contribution < -0.4 is 4.74 Å². The van der Waals surface area contributed by atoms with Gasteiger partial charge in [0, 0.05) is 30.2 Å². The van der Waals surface area contributed by atoms with Gasteiger partial charge in [-0.2, -0.15) is 0 Å². The molecule has 0 saturated carbocycles. The minimum absolute atomic E-state index is 0.307. The number of hydrogen-bond donors (Lipinski definition) is 0. The molecule has 0 aliphatic carbocycles. The van der Waals surface area contributed by atoms with Gasteiger partial charge in [-0.1, -0.05) is 46.3 Å². The number of halogens is 1. The Bertz CT molecular complexity index is 1690. The first kappa shape index (κ1) is 29.5. The lowest BCUT2D eigenvalue weighted by Gasteiger charge is -2.24. The highest BCUT2D eigenvalue weighted by atomic mass is 79.9. The van der Waals surface area contributed by atoms with E-state index in [1.54, 1.807) is 20.8 Å². The number of rotatable bonds is 11. The van der Waals surface area contributed by atoms with Crippen molar-refractivity contribution in [3.05, 3.63) is 100 Å². The van der Waals surface area contributed by atoms with Gasteiger partial charge in [0.15, 0.2) is 5.60 Å². The van der Waals surface area contributed by atoms with Gasteiger partial charge in [-0.3, -0.25) is 4.90 Å². The summed E-state index contributed by atoms with van der Waals surface area (Å²) in [5.41, 5.74) is 3.86. The van der Waals surface area contributed by atoms with Crippen LogP contribution in [0.2, 0.25) is 0 Å². The molecular weight excluding hydrogens is 596 g/mol. The van der Waals surface area contributed by atoms with E-state index in [9.17, 15) is 4.79 Å². The van der Waals surface area contributed by atoms with Gasteiger partial charge < -0.3 is 18.5 Å². The maximum Gasteiger partial charge on any atom is 0.349 e. The molecule has 0 radical (unpaired) electrons. The molecule has 9 heteroatoms. The molecule has 0 bridgehead atoms.